The molecule has 2 saturated carbocycles. The zero-order valence-electron chi connectivity index (χ0n) is 11.0. The molecule has 0 aromatic rings. The van der Waals surface area contributed by atoms with E-state index in [0.717, 1.165) is 0 Å². The van der Waals surface area contributed by atoms with Crippen LogP contribution in [0.3, 0.4) is 0 Å². The lowest BCUT2D eigenvalue weighted by atomic mass is 9.82. The second-order valence-electron chi connectivity index (χ2n) is 6.20. The predicted molar refractivity (Wildman–Crippen MR) is 70.4 cm³/mol. The third kappa shape index (κ3) is 2.82. The van der Waals surface area contributed by atoms with E-state index in [1.165, 1.54) is 25.7 Å². The van der Waals surface area contributed by atoms with Crippen LogP contribution in [-0.2, 0) is 9.59 Å². The highest BCUT2D eigenvalue weighted by Crippen LogP contribution is 2.44. The van der Waals surface area contributed by atoms with Gasteiger partial charge >= 0.3 is 5.97 Å². The van der Waals surface area contributed by atoms with Crippen LogP contribution < -0.4 is 5.32 Å². The number of hydrogen-bond donors (Lipinski definition) is 2. The van der Waals surface area contributed by atoms with Crippen LogP contribution in [-0.4, -0.2) is 23.0 Å². The molecule has 1 amide bonds. The average molecular weight is 263 g/mol. The molecular formula is C15H21NO3. The Bertz CT molecular complexity index is 398. The minimum absolute atomic E-state index is 0.0412. The van der Waals surface area contributed by atoms with Crippen LogP contribution in [0.1, 0.15) is 38.5 Å². The highest BCUT2D eigenvalue weighted by Gasteiger charge is 2.44. The summed E-state index contributed by atoms with van der Waals surface area (Å²) in [6.45, 7) is 0. The molecule has 0 spiro atoms. The van der Waals surface area contributed by atoms with Gasteiger partial charge in [0.25, 0.3) is 0 Å². The molecule has 0 aliphatic heterocycles. The zero-order chi connectivity index (χ0) is 13.4. The van der Waals surface area contributed by atoms with Crippen LogP contribution in [0.4, 0.5) is 0 Å². The molecule has 104 valence electrons. The second kappa shape index (κ2) is 4.99. The topological polar surface area (TPSA) is 66.4 Å². The van der Waals surface area contributed by atoms with E-state index in [0.29, 0.717) is 30.7 Å². The fourth-order valence-corrected chi connectivity index (χ4v) is 3.18. The summed E-state index contributed by atoms with van der Waals surface area (Å²) in [5, 5.41) is 12.4. The Labute approximate surface area is 113 Å². The average Bonchev–Trinajstić information content (AvgIpc) is 3.29. The van der Waals surface area contributed by atoms with E-state index in [1.807, 2.05) is 12.2 Å². The lowest BCUT2D eigenvalue weighted by molar-refractivity contribution is -0.147. The summed E-state index contributed by atoms with van der Waals surface area (Å²) < 4.78 is 0. The van der Waals surface area contributed by atoms with Crippen LogP contribution >= 0.6 is 0 Å². The van der Waals surface area contributed by atoms with Gasteiger partial charge in [-0.25, -0.2) is 0 Å². The van der Waals surface area contributed by atoms with E-state index < -0.39 is 11.9 Å². The smallest absolute Gasteiger partial charge is 0.307 e. The van der Waals surface area contributed by atoms with Crippen molar-refractivity contribution in [2.45, 2.75) is 44.6 Å². The van der Waals surface area contributed by atoms with Gasteiger partial charge in [0.05, 0.1) is 11.8 Å². The number of hydrogen-bond acceptors (Lipinski definition) is 2. The second-order valence-corrected chi connectivity index (χ2v) is 6.20. The van der Waals surface area contributed by atoms with Crippen molar-refractivity contribution in [2.24, 2.45) is 23.7 Å². The summed E-state index contributed by atoms with van der Waals surface area (Å²) in [6.07, 6.45) is 9.72. The van der Waals surface area contributed by atoms with Gasteiger partial charge in [-0.15, -0.1) is 0 Å². The fraction of sp³-hybridized carbons (Fsp3) is 0.733. The molecule has 2 fully saturated rings. The minimum Gasteiger partial charge on any atom is -0.481 e. The maximum atomic E-state index is 12.4. The molecule has 19 heavy (non-hydrogen) atoms. The number of rotatable bonds is 5. The summed E-state index contributed by atoms with van der Waals surface area (Å²) in [6, 6.07) is 0.313. The number of carbonyl (C=O) groups excluding carboxylic acids is 1. The van der Waals surface area contributed by atoms with E-state index >= 15 is 0 Å². The molecule has 0 radical (unpaired) electrons. The monoisotopic (exact) mass is 263 g/mol. The molecule has 0 aromatic heterocycles. The lowest BCUT2D eigenvalue weighted by Crippen LogP contribution is -2.45. The number of carboxylic acid groups (broad SMARTS) is 1. The van der Waals surface area contributed by atoms with E-state index in [2.05, 4.69) is 5.32 Å². The van der Waals surface area contributed by atoms with Crippen LogP contribution in [0, 0.1) is 23.7 Å². The van der Waals surface area contributed by atoms with Gasteiger partial charge in [0, 0.05) is 6.04 Å². The summed E-state index contributed by atoms with van der Waals surface area (Å²) in [7, 11) is 0. The number of amides is 1. The predicted octanol–water partition coefficient (Wildman–Crippen LogP) is 1.96. The molecule has 2 unspecified atom stereocenters. The Hall–Kier alpha value is -1.32. The SMILES string of the molecule is O=C(O)C1CC=CCC1C(=O)NC(C1CC1)C1CC1. The molecule has 2 atom stereocenters. The fourth-order valence-electron chi connectivity index (χ4n) is 3.18. The first kappa shape index (κ1) is 12.7. The van der Waals surface area contributed by atoms with Gasteiger partial charge < -0.3 is 10.4 Å². The summed E-state index contributed by atoms with van der Waals surface area (Å²) in [5.41, 5.74) is 0. The third-order valence-electron chi connectivity index (χ3n) is 4.66. The lowest BCUT2D eigenvalue weighted by Gasteiger charge is -2.27. The van der Waals surface area contributed by atoms with Gasteiger partial charge in [0.15, 0.2) is 0 Å². The Kier molecular flexibility index (Phi) is 3.33. The molecule has 0 aromatic carbocycles. The molecule has 3 aliphatic carbocycles. The van der Waals surface area contributed by atoms with Gasteiger partial charge in [0.1, 0.15) is 0 Å². The van der Waals surface area contributed by atoms with Crippen molar-refractivity contribution >= 4 is 11.9 Å². The molecule has 3 aliphatic rings. The van der Waals surface area contributed by atoms with E-state index in [9.17, 15) is 14.7 Å². The number of nitrogens with one attached hydrogen (secondary N) is 1. The Morgan fingerprint density at radius 1 is 1.00 bits per heavy atom. The Morgan fingerprint density at radius 2 is 1.53 bits per heavy atom. The molecule has 2 N–H and O–H groups in total. The van der Waals surface area contributed by atoms with Crippen molar-refractivity contribution in [3.8, 4) is 0 Å². The first-order valence-corrected chi connectivity index (χ1v) is 7.35. The van der Waals surface area contributed by atoms with Crippen molar-refractivity contribution in [1.82, 2.24) is 5.32 Å². The van der Waals surface area contributed by atoms with Crippen molar-refractivity contribution in [3.05, 3.63) is 12.2 Å². The van der Waals surface area contributed by atoms with Gasteiger partial charge in [-0.1, -0.05) is 12.2 Å². The number of carbonyl (C=O) groups is 2. The van der Waals surface area contributed by atoms with Gasteiger partial charge in [0.2, 0.25) is 5.91 Å². The summed E-state index contributed by atoms with van der Waals surface area (Å²) >= 11 is 0. The van der Waals surface area contributed by atoms with Crippen LogP contribution in [0.2, 0.25) is 0 Å². The first-order chi connectivity index (χ1) is 9.16. The van der Waals surface area contributed by atoms with E-state index in [-0.39, 0.29) is 11.8 Å². The van der Waals surface area contributed by atoms with Crippen LogP contribution in [0.15, 0.2) is 12.2 Å². The normalized spacial score (nSPS) is 30.4. The number of allylic oxidation sites excluding steroid dienone is 2. The van der Waals surface area contributed by atoms with Gasteiger partial charge in [-0.05, 0) is 50.4 Å². The quantitative estimate of drug-likeness (QED) is 0.745. The minimum atomic E-state index is -0.848. The van der Waals surface area contributed by atoms with Crippen molar-refractivity contribution < 1.29 is 14.7 Å². The summed E-state index contributed by atoms with van der Waals surface area (Å²) in [4.78, 5) is 23.6. The molecule has 3 rings (SSSR count). The van der Waals surface area contributed by atoms with E-state index in [1.54, 1.807) is 0 Å². The Balaban J connectivity index is 1.64. The first-order valence-electron chi connectivity index (χ1n) is 7.35. The number of aliphatic carboxylic acids is 1. The highest BCUT2D eigenvalue weighted by atomic mass is 16.4. The Morgan fingerprint density at radius 3 is 2.00 bits per heavy atom. The highest BCUT2D eigenvalue weighted by molar-refractivity contribution is 5.85. The molecule has 0 bridgehead atoms. The molecule has 4 heteroatoms. The number of carboxylic acids is 1. The van der Waals surface area contributed by atoms with Crippen LogP contribution in [0.5, 0.6) is 0 Å². The van der Waals surface area contributed by atoms with Crippen molar-refractivity contribution in [2.75, 3.05) is 0 Å². The molecule has 0 heterocycles. The van der Waals surface area contributed by atoms with Crippen LogP contribution in [0.25, 0.3) is 0 Å². The summed E-state index contributed by atoms with van der Waals surface area (Å²) in [5.74, 6) is -0.524. The van der Waals surface area contributed by atoms with E-state index in [4.69, 9.17) is 0 Å². The third-order valence-corrected chi connectivity index (χ3v) is 4.66. The molecular weight excluding hydrogens is 242 g/mol. The van der Waals surface area contributed by atoms with Gasteiger partial charge in [-0.2, -0.15) is 0 Å². The van der Waals surface area contributed by atoms with Crippen molar-refractivity contribution in [3.63, 3.8) is 0 Å². The van der Waals surface area contributed by atoms with Gasteiger partial charge in [-0.3, -0.25) is 9.59 Å². The molecule has 4 nitrogen and oxygen atoms in total. The maximum absolute atomic E-state index is 12.4. The standard InChI is InChI=1S/C15H21NO3/c17-14(11-3-1-2-4-12(11)15(18)19)16-13(9-5-6-9)10-7-8-10/h1-2,9-13H,3-8H2,(H,16,17)(H,18,19). The van der Waals surface area contributed by atoms with Crippen molar-refractivity contribution in [1.29, 1.82) is 0 Å². The molecule has 0 saturated heterocycles. The largest absolute Gasteiger partial charge is 0.481 e. The zero-order valence-corrected chi connectivity index (χ0v) is 11.0. The maximum Gasteiger partial charge on any atom is 0.307 e.